The van der Waals surface area contributed by atoms with Crippen molar-refractivity contribution in [2.45, 2.75) is 26.6 Å². The molecule has 0 saturated heterocycles. The molecule has 0 aromatic heterocycles. The van der Waals surface area contributed by atoms with Crippen molar-refractivity contribution in [1.82, 2.24) is 0 Å². The number of benzene rings is 2. The van der Waals surface area contributed by atoms with Gasteiger partial charge >= 0.3 is 6.61 Å². The van der Waals surface area contributed by atoms with Gasteiger partial charge in [-0.2, -0.15) is 8.78 Å². The Balaban J connectivity index is 1.91. The maximum absolute atomic E-state index is 12.1. The summed E-state index contributed by atoms with van der Waals surface area (Å²) in [6.45, 7) is 0.712. The molecule has 2 aromatic carbocycles. The van der Waals surface area contributed by atoms with Gasteiger partial charge < -0.3 is 14.8 Å². The summed E-state index contributed by atoms with van der Waals surface area (Å²) in [5, 5.41) is 2.65. The van der Waals surface area contributed by atoms with Crippen molar-refractivity contribution in [3.63, 3.8) is 0 Å². The van der Waals surface area contributed by atoms with E-state index in [9.17, 15) is 13.6 Å². The van der Waals surface area contributed by atoms with Gasteiger partial charge in [0.15, 0.2) is 6.10 Å². The molecule has 0 aliphatic heterocycles. The van der Waals surface area contributed by atoms with E-state index in [1.54, 1.807) is 19.1 Å². The zero-order valence-corrected chi connectivity index (χ0v) is 12.8. The number of nitrogens with one attached hydrogen (secondary N) is 1. The normalized spacial score (nSPS) is 11.9. The number of ether oxygens (including phenoxy) is 2. The summed E-state index contributed by atoms with van der Waals surface area (Å²) in [6, 6.07) is 13.0. The fraction of sp³-hybridized carbons (Fsp3) is 0.235. The Morgan fingerprint density at radius 1 is 0.957 bits per heavy atom. The lowest BCUT2D eigenvalue weighted by Gasteiger charge is -2.15. The first-order valence-corrected chi connectivity index (χ1v) is 7.03. The highest BCUT2D eigenvalue weighted by molar-refractivity contribution is 5.94. The zero-order chi connectivity index (χ0) is 16.8. The molecule has 0 fully saturated rings. The van der Waals surface area contributed by atoms with Crippen molar-refractivity contribution in [3.8, 4) is 11.5 Å². The van der Waals surface area contributed by atoms with Crippen LogP contribution in [0.25, 0.3) is 0 Å². The molecule has 0 bridgehead atoms. The van der Waals surface area contributed by atoms with Crippen LogP contribution in [-0.2, 0) is 4.79 Å². The van der Waals surface area contributed by atoms with E-state index in [-0.39, 0.29) is 11.7 Å². The first-order chi connectivity index (χ1) is 10.9. The number of hydrogen-bond donors (Lipinski definition) is 1. The molecule has 0 saturated carbocycles. The SMILES string of the molecule is Cc1ccc(O[C@@H](C)C(=O)Nc2ccc(OC(F)F)cc2)cc1. The highest BCUT2D eigenvalue weighted by Crippen LogP contribution is 2.18. The van der Waals surface area contributed by atoms with Crippen LogP contribution in [0.3, 0.4) is 0 Å². The third kappa shape index (κ3) is 5.25. The zero-order valence-electron chi connectivity index (χ0n) is 12.8. The standard InChI is InChI=1S/C17H17F2NO3/c1-11-3-7-14(8-4-11)22-12(2)16(21)20-13-5-9-15(10-6-13)23-17(18)19/h3-10,12,17H,1-2H3,(H,20,21)/t12-/m0/s1. The number of halogens is 2. The number of amides is 1. The van der Waals surface area contributed by atoms with E-state index in [0.717, 1.165) is 5.56 Å². The Kier molecular flexibility index (Phi) is 5.51. The lowest BCUT2D eigenvalue weighted by molar-refractivity contribution is -0.122. The van der Waals surface area contributed by atoms with Crippen molar-refractivity contribution in [3.05, 3.63) is 54.1 Å². The number of anilines is 1. The van der Waals surface area contributed by atoms with E-state index in [2.05, 4.69) is 10.1 Å². The number of rotatable bonds is 6. The van der Waals surface area contributed by atoms with Crippen LogP contribution in [0.2, 0.25) is 0 Å². The summed E-state index contributed by atoms with van der Waals surface area (Å²) < 4.78 is 33.9. The molecule has 6 heteroatoms. The fourth-order valence-corrected chi connectivity index (χ4v) is 1.84. The molecule has 0 heterocycles. The van der Waals surface area contributed by atoms with Crippen LogP contribution in [-0.4, -0.2) is 18.6 Å². The number of hydrogen-bond acceptors (Lipinski definition) is 3. The van der Waals surface area contributed by atoms with Gasteiger partial charge in [0.2, 0.25) is 0 Å². The van der Waals surface area contributed by atoms with Crippen molar-refractivity contribution >= 4 is 11.6 Å². The molecule has 1 atom stereocenters. The number of aryl methyl sites for hydroxylation is 1. The van der Waals surface area contributed by atoms with Gasteiger partial charge in [-0.25, -0.2) is 0 Å². The lowest BCUT2D eigenvalue weighted by atomic mass is 10.2. The fourth-order valence-electron chi connectivity index (χ4n) is 1.84. The number of carbonyl (C=O) groups is 1. The second kappa shape index (κ2) is 7.58. The summed E-state index contributed by atoms with van der Waals surface area (Å²) >= 11 is 0. The van der Waals surface area contributed by atoms with E-state index in [4.69, 9.17) is 4.74 Å². The maximum Gasteiger partial charge on any atom is 0.387 e. The average Bonchev–Trinajstić information content (AvgIpc) is 2.51. The van der Waals surface area contributed by atoms with Crippen LogP contribution in [0.15, 0.2) is 48.5 Å². The van der Waals surface area contributed by atoms with Crippen molar-refractivity contribution in [1.29, 1.82) is 0 Å². The molecule has 0 unspecified atom stereocenters. The van der Waals surface area contributed by atoms with Gasteiger partial charge in [0.25, 0.3) is 5.91 Å². The summed E-state index contributed by atoms with van der Waals surface area (Å²) in [5.74, 6) is 0.286. The van der Waals surface area contributed by atoms with Crippen LogP contribution in [0.5, 0.6) is 11.5 Å². The second-order valence-electron chi connectivity index (χ2n) is 4.97. The van der Waals surface area contributed by atoms with Crippen LogP contribution in [0.1, 0.15) is 12.5 Å². The van der Waals surface area contributed by atoms with Crippen molar-refractivity contribution in [2.24, 2.45) is 0 Å². The van der Waals surface area contributed by atoms with E-state index in [1.807, 2.05) is 19.1 Å². The molecule has 0 radical (unpaired) electrons. The molecular weight excluding hydrogens is 304 g/mol. The van der Waals surface area contributed by atoms with Gasteiger partial charge in [0.1, 0.15) is 11.5 Å². The Morgan fingerprint density at radius 3 is 2.04 bits per heavy atom. The predicted molar refractivity (Wildman–Crippen MR) is 83.0 cm³/mol. The summed E-state index contributed by atoms with van der Waals surface area (Å²) in [4.78, 5) is 12.1. The largest absolute Gasteiger partial charge is 0.481 e. The van der Waals surface area contributed by atoms with Gasteiger partial charge in [-0.1, -0.05) is 17.7 Å². The highest BCUT2D eigenvalue weighted by atomic mass is 19.3. The van der Waals surface area contributed by atoms with E-state index in [0.29, 0.717) is 11.4 Å². The molecule has 0 spiro atoms. The monoisotopic (exact) mass is 321 g/mol. The van der Waals surface area contributed by atoms with Crippen LogP contribution in [0, 0.1) is 6.92 Å². The molecule has 4 nitrogen and oxygen atoms in total. The second-order valence-corrected chi connectivity index (χ2v) is 4.97. The molecular formula is C17H17F2NO3. The quantitative estimate of drug-likeness (QED) is 0.875. The van der Waals surface area contributed by atoms with Gasteiger partial charge in [-0.3, -0.25) is 4.79 Å². The Hall–Kier alpha value is -2.63. The topological polar surface area (TPSA) is 47.6 Å². The predicted octanol–water partition coefficient (Wildman–Crippen LogP) is 4.00. The highest BCUT2D eigenvalue weighted by Gasteiger charge is 2.15. The molecule has 0 aliphatic rings. The van der Waals surface area contributed by atoms with Gasteiger partial charge in [-0.15, -0.1) is 0 Å². The first-order valence-electron chi connectivity index (χ1n) is 7.03. The van der Waals surface area contributed by atoms with Gasteiger partial charge in [0, 0.05) is 5.69 Å². The van der Waals surface area contributed by atoms with Crippen LogP contribution >= 0.6 is 0 Å². The summed E-state index contributed by atoms with van der Waals surface area (Å²) in [7, 11) is 0. The van der Waals surface area contributed by atoms with Crippen LogP contribution in [0.4, 0.5) is 14.5 Å². The molecule has 23 heavy (non-hydrogen) atoms. The molecule has 1 N–H and O–H groups in total. The van der Waals surface area contributed by atoms with Crippen molar-refractivity contribution < 1.29 is 23.0 Å². The van der Waals surface area contributed by atoms with E-state index >= 15 is 0 Å². The minimum atomic E-state index is -2.88. The maximum atomic E-state index is 12.1. The van der Waals surface area contributed by atoms with Gasteiger partial charge in [0.05, 0.1) is 0 Å². The number of alkyl halides is 2. The molecule has 2 aromatic rings. The minimum Gasteiger partial charge on any atom is -0.481 e. The summed E-state index contributed by atoms with van der Waals surface area (Å²) in [5.41, 5.74) is 1.57. The van der Waals surface area contributed by atoms with Crippen LogP contribution < -0.4 is 14.8 Å². The average molecular weight is 321 g/mol. The smallest absolute Gasteiger partial charge is 0.387 e. The Bertz CT molecular complexity index is 642. The van der Waals surface area contributed by atoms with Gasteiger partial charge in [-0.05, 0) is 50.2 Å². The third-order valence-corrected chi connectivity index (χ3v) is 3.05. The molecule has 1 amide bonds. The van der Waals surface area contributed by atoms with Crippen molar-refractivity contribution in [2.75, 3.05) is 5.32 Å². The summed E-state index contributed by atoms with van der Waals surface area (Å²) in [6.07, 6.45) is -0.699. The molecule has 2 rings (SSSR count). The first kappa shape index (κ1) is 16.7. The Morgan fingerprint density at radius 2 is 1.48 bits per heavy atom. The lowest BCUT2D eigenvalue weighted by Crippen LogP contribution is -2.30. The van der Waals surface area contributed by atoms with E-state index < -0.39 is 12.7 Å². The third-order valence-electron chi connectivity index (χ3n) is 3.05. The minimum absolute atomic E-state index is 0.0296. The molecule has 0 aliphatic carbocycles. The molecule has 122 valence electrons. The number of carbonyl (C=O) groups excluding carboxylic acids is 1. The van der Waals surface area contributed by atoms with E-state index in [1.165, 1.54) is 24.3 Å². The Labute approximate surface area is 133 Å².